The Bertz CT molecular complexity index is 937. The first-order chi connectivity index (χ1) is 14.1. The van der Waals surface area contributed by atoms with Crippen LogP contribution < -0.4 is 15.4 Å². The van der Waals surface area contributed by atoms with Crippen LogP contribution in [0.1, 0.15) is 29.4 Å². The Balaban J connectivity index is 0.00000320. The highest BCUT2D eigenvalue weighted by Crippen LogP contribution is 2.19. The highest BCUT2D eigenvalue weighted by atomic mass is 127. The van der Waals surface area contributed by atoms with E-state index >= 15 is 0 Å². The molecule has 7 nitrogen and oxygen atoms in total. The fourth-order valence-corrected chi connectivity index (χ4v) is 3.91. The lowest BCUT2D eigenvalue weighted by Gasteiger charge is -2.17. The average molecular weight is 540 g/mol. The van der Waals surface area contributed by atoms with E-state index in [1.165, 1.54) is 9.75 Å². The van der Waals surface area contributed by atoms with E-state index in [1.807, 2.05) is 35.6 Å². The number of thiophene rings is 1. The summed E-state index contributed by atoms with van der Waals surface area (Å²) >= 11 is 1.84. The zero-order chi connectivity index (χ0) is 20.6. The number of aromatic nitrogens is 3. The van der Waals surface area contributed by atoms with Crippen LogP contribution in [0.5, 0.6) is 5.75 Å². The van der Waals surface area contributed by atoms with Crippen LogP contribution in [0, 0.1) is 6.92 Å². The van der Waals surface area contributed by atoms with Gasteiger partial charge < -0.3 is 15.4 Å². The topological polar surface area (TPSA) is 87.2 Å². The number of methoxy groups -OCH3 is 1. The van der Waals surface area contributed by atoms with Crippen molar-refractivity contribution in [1.29, 1.82) is 0 Å². The molecule has 2 heterocycles. The number of aliphatic imine (C=N–C) groups is 1. The molecule has 0 aliphatic carbocycles. The summed E-state index contributed by atoms with van der Waals surface area (Å²) in [5.41, 5.74) is 0.933. The molecule has 3 aromatic rings. The molecule has 0 aliphatic rings. The zero-order valence-electron chi connectivity index (χ0n) is 17.7. The molecular weight excluding hydrogens is 511 g/mol. The summed E-state index contributed by atoms with van der Waals surface area (Å²) in [5.74, 6) is 2.95. The molecule has 0 spiro atoms. The Morgan fingerprint density at radius 2 is 2.00 bits per heavy atom. The molecule has 0 radical (unpaired) electrons. The van der Waals surface area contributed by atoms with Gasteiger partial charge in [-0.15, -0.1) is 35.3 Å². The Kier molecular flexibility index (Phi) is 9.57. The van der Waals surface area contributed by atoms with E-state index in [1.54, 1.807) is 7.11 Å². The summed E-state index contributed by atoms with van der Waals surface area (Å²) in [6.45, 7) is 7.57. The van der Waals surface area contributed by atoms with Gasteiger partial charge in [-0.25, -0.2) is 9.98 Å². The number of H-pyrrole nitrogens is 1. The molecule has 9 heteroatoms. The molecular formula is C21H29IN6OS. The predicted octanol–water partition coefficient (Wildman–Crippen LogP) is 4.15. The van der Waals surface area contributed by atoms with Gasteiger partial charge in [-0.05, 0) is 57.2 Å². The molecule has 0 bridgehead atoms. The van der Waals surface area contributed by atoms with Crippen LogP contribution in [0.2, 0.25) is 0 Å². The van der Waals surface area contributed by atoms with Crippen molar-refractivity contribution in [3.8, 4) is 17.1 Å². The number of rotatable bonds is 8. The third-order valence-electron chi connectivity index (χ3n) is 4.30. The van der Waals surface area contributed by atoms with Gasteiger partial charge in [0.2, 0.25) is 0 Å². The van der Waals surface area contributed by atoms with Crippen LogP contribution in [0.25, 0.3) is 11.4 Å². The van der Waals surface area contributed by atoms with Crippen molar-refractivity contribution in [2.45, 2.75) is 39.8 Å². The number of ether oxygens (including phenoxy) is 1. The summed E-state index contributed by atoms with van der Waals surface area (Å²) < 4.78 is 5.19. The fraction of sp³-hybridized carbons (Fsp3) is 0.381. The molecule has 0 amide bonds. The summed E-state index contributed by atoms with van der Waals surface area (Å²) in [7, 11) is 1.65. The Morgan fingerprint density at radius 1 is 1.23 bits per heavy atom. The summed E-state index contributed by atoms with van der Waals surface area (Å²) in [4.78, 5) is 11.9. The molecule has 0 saturated carbocycles. The molecule has 162 valence electrons. The van der Waals surface area contributed by atoms with Gasteiger partial charge in [-0.2, -0.15) is 5.10 Å². The lowest BCUT2D eigenvalue weighted by molar-refractivity contribution is 0.415. The van der Waals surface area contributed by atoms with Crippen molar-refractivity contribution in [2.75, 3.05) is 13.7 Å². The zero-order valence-corrected chi connectivity index (χ0v) is 20.9. The quantitative estimate of drug-likeness (QED) is 0.227. The molecule has 0 fully saturated rings. The van der Waals surface area contributed by atoms with Gasteiger partial charge in [0.15, 0.2) is 11.8 Å². The minimum atomic E-state index is 0. The maximum Gasteiger partial charge on any atom is 0.191 e. The van der Waals surface area contributed by atoms with Crippen LogP contribution in [0.4, 0.5) is 0 Å². The summed E-state index contributed by atoms with van der Waals surface area (Å²) in [6, 6.07) is 12.3. The van der Waals surface area contributed by atoms with E-state index in [0.29, 0.717) is 12.4 Å². The van der Waals surface area contributed by atoms with Crippen molar-refractivity contribution < 1.29 is 4.74 Å². The molecule has 0 saturated heterocycles. The van der Waals surface area contributed by atoms with Crippen LogP contribution in [-0.2, 0) is 13.0 Å². The van der Waals surface area contributed by atoms with Gasteiger partial charge in [0.25, 0.3) is 0 Å². The molecule has 3 rings (SSSR count). The number of benzene rings is 1. The molecule has 2 aromatic heterocycles. The second-order valence-electron chi connectivity index (χ2n) is 6.79. The van der Waals surface area contributed by atoms with Crippen molar-refractivity contribution in [1.82, 2.24) is 25.8 Å². The number of hydrogen-bond acceptors (Lipinski definition) is 5. The van der Waals surface area contributed by atoms with Gasteiger partial charge in [0.1, 0.15) is 18.1 Å². The second-order valence-corrected chi connectivity index (χ2v) is 8.16. The minimum Gasteiger partial charge on any atom is -0.497 e. The molecule has 1 atom stereocenters. The summed E-state index contributed by atoms with van der Waals surface area (Å²) in [5, 5.41) is 14.0. The van der Waals surface area contributed by atoms with Gasteiger partial charge in [0.05, 0.1) is 7.11 Å². The highest BCUT2D eigenvalue weighted by molar-refractivity contribution is 14.0. The van der Waals surface area contributed by atoms with E-state index in [2.05, 4.69) is 63.7 Å². The maximum atomic E-state index is 5.19. The maximum absolute atomic E-state index is 5.19. The lowest BCUT2D eigenvalue weighted by Crippen LogP contribution is -2.43. The highest BCUT2D eigenvalue weighted by Gasteiger charge is 2.09. The molecule has 1 aromatic carbocycles. The van der Waals surface area contributed by atoms with Crippen molar-refractivity contribution in [3.05, 3.63) is 52.0 Å². The number of nitrogens with zero attached hydrogens (tertiary/aromatic N) is 3. The smallest absolute Gasteiger partial charge is 0.191 e. The monoisotopic (exact) mass is 540 g/mol. The van der Waals surface area contributed by atoms with Crippen LogP contribution in [-0.4, -0.2) is 40.8 Å². The third-order valence-corrected chi connectivity index (χ3v) is 5.32. The number of hydrogen-bond donors (Lipinski definition) is 3. The standard InChI is InChI=1S/C21H28N6OS.HI/c1-5-22-21(24-14(2)12-18-11-6-15(3)29-18)23-13-19-25-20(27-26-19)16-7-9-17(28-4)10-8-16;/h6-11,14H,5,12-13H2,1-4H3,(H2,22,23,24)(H,25,26,27);1H. The third kappa shape index (κ3) is 6.98. The van der Waals surface area contributed by atoms with Crippen LogP contribution >= 0.6 is 35.3 Å². The first-order valence-electron chi connectivity index (χ1n) is 9.73. The molecule has 1 unspecified atom stereocenters. The average Bonchev–Trinajstić information content (AvgIpc) is 3.35. The van der Waals surface area contributed by atoms with Crippen LogP contribution in [0.15, 0.2) is 41.4 Å². The van der Waals surface area contributed by atoms with Gasteiger partial charge in [0, 0.05) is 34.3 Å². The van der Waals surface area contributed by atoms with Gasteiger partial charge in [-0.3, -0.25) is 5.10 Å². The number of aryl methyl sites for hydroxylation is 1. The predicted molar refractivity (Wildman–Crippen MR) is 134 cm³/mol. The van der Waals surface area contributed by atoms with E-state index in [9.17, 15) is 0 Å². The number of guanidine groups is 1. The van der Waals surface area contributed by atoms with Gasteiger partial charge in [-0.1, -0.05) is 0 Å². The number of halogens is 1. The number of nitrogens with one attached hydrogen (secondary N) is 3. The van der Waals surface area contributed by atoms with Crippen molar-refractivity contribution in [3.63, 3.8) is 0 Å². The Labute approximate surface area is 198 Å². The molecule has 0 aliphatic heterocycles. The first kappa shape index (κ1) is 24.1. The largest absolute Gasteiger partial charge is 0.497 e. The SMILES string of the molecule is CCNC(=NCc1nc(-c2ccc(OC)cc2)n[nH]1)NC(C)Cc1ccc(C)s1.I. The second kappa shape index (κ2) is 11.9. The summed E-state index contributed by atoms with van der Waals surface area (Å²) in [6.07, 6.45) is 0.965. The van der Waals surface area contributed by atoms with Crippen molar-refractivity contribution >= 4 is 41.3 Å². The molecule has 30 heavy (non-hydrogen) atoms. The van der Waals surface area contributed by atoms with Crippen LogP contribution in [0.3, 0.4) is 0 Å². The van der Waals surface area contributed by atoms with Gasteiger partial charge >= 0.3 is 0 Å². The molecule has 3 N–H and O–H groups in total. The first-order valence-corrected chi connectivity index (χ1v) is 10.5. The lowest BCUT2D eigenvalue weighted by atomic mass is 10.2. The van der Waals surface area contributed by atoms with E-state index in [-0.39, 0.29) is 30.0 Å². The Hall–Kier alpha value is -2.14. The minimum absolute atomic E-state index is 0. The van der Waals surface area contributed by atoms with E-state index in [0.717, 1.165) is 36.1 Å². The van der Waals surface area contributed by atoms with E-state index in [4.69, 9.17) is 4.74 Å². The van der Waals surface area contributed by atoms with E-state index < -0.39 is 0 Å². The normalized spacial score (nSPS) is 12.2. The van der Waals surface area contributed by atoms with Crippen molar-refractivity contribution in [2.24, 2.45) is 4.99 Å². The number of aromatic amines is 1. The fourth-order valence-electron chi connectivity index (χ4n) is 2.89. The Morgan fingerprint density at radius 3 is 2.63 bits per heavy atom.